The number of hydrogen-bond donors (Lipinski definition) is 1. The molecule has 0 heterocycles. The molecule has 0 aliphatic rings. The topological polar surface area (TPSA) is 69.4 Å². The lowest BCUT2D eigenvalue weighted by Crippen LogP contribution is -2.31. The van der Waals surface area contributed by atoms with Crippen molar-refractivity contribution >= 4 is 23.6 Å². The van der Waals surface area contributed by atoms with Gasteiger partial charge in [0, 0.05) is 4.90 Å². The van der Waals surface area contributed by atoms with Crippen molar-refractivity contribution in [3.63, 3.8) is 0 Å². The number of primary amides is 1. The quantitative estimate of drug-likeness (QED) is 0.638. The minimum absolute atomic E-state index is 0.169. The van der Waals surface area contributed by atoms with Gasteiger partial charge in [0.1, 0.15) is 0 Å². The number of benzene rings is 1. The van der Waals surface area contributed by atoms with Gasteiger partial charge in [-0.15, -0.1) is 11.8 Å². The lowest BCUT2D eigenvalue weighted by Gasteiger charge is -2.09. The zero-order valence-electron chi connectivity index (χ0n) is 9.80. The molecule has 0 aliphatic heterocycles. The first-order valence-electron chi connectivity index (χ1n) is 5.18. The summed E-state index contributed by atoms with van der Waals surface area (Å²) in [5.74, 6) is -0.911. The molecular weight excluding hydrogens is 238 g/mol. The highest BCUT2D eigenvalue weighted by Gasteiger charge is 2.14. The van der Waals surface area contributed by atoms with E-state index in [9.17, 15) is 9.59 Å². The molecule has 0 saturated heterocycles. The predicted octanol–water partition coefficient (Wildman–Crippen LogP) is 1.50. The first-order valence-corrected chi connectivity index (χ1v) is 6.16. The van der Waals surface area contributed by atoms with E-state index in [1.807, 2.05) is 31.2 Å². The summed E-state index contributed by atoms with van der Waals surface area (Å²) in [6, 6.07) is 7.75. The fourth-order valence-corrected chi connectivity index (χ4v) is 1.96. The van der Waals surface area contributed by atoms with Crippen LogP contribution in [0.2, 0.25) is 0 Å². The highest BCUT2D eigenvalue weighted by Crippen LogP contribution is 2.21. The highest BCUT2D eigenvalue weighted by molar-refractivity contribution is 8.00. The van der Waals surface area contributed by atoms with Crippen LogP contribution in [0, 0.1) is 6.92 Å². The fraction of sp³-hybridized carbons (Fsp3) is 0.333. The van der Waals surface area contributed by atoms with Crippen LogP contribution in [-0.4, -0.2) is 23.7 Å². The van der Waals surface area contributed by atoms with Crippen LogP contribution in [0.5, 0.6) is 0 Å². The molecule has 92 valence electrons. The number of esters is 1. The van der Waals surface area contributed by atoms with E-state index in [0.717, 1.165) is 10.5 Å². The summed E-state index contributed by atoms with van der Waals surface area (Å²) in [7, 11) is 0. The molecule has 1 amide bonds. The van der Waals surface area contributed by atoms with Gasteiger partial charge in [0.25, 0.3) is 5.91 Å². The molecule has 1 aromatic carbocycles. The highest BCUT2D eigenvalue weighted by atomic mass is 32.2. The molecule has 2 N–H and O–H groups in total. The molecule has 0 fully saturated rings. The Morgan fingerprint density at radius 1 is 1.41 bits per heavy atom. The molecule has 1 rings (SSSR count). The Morgan fingerprint density at radius 3 is 2.65 bits per heavy atom. The van der Waals surface area contributed by atoms with E-state index in [1.54, 1.807) is 0 Å². The minimum Gasteiger partial charge on any atom is -0.452 e. The van der Waals surface area contributed by atoms with Gasteiger partial charge < -0.3 is 10.5 Å². The Bertz CT molecular complexity index is 420. The normalized spacial score (nSPS) is 11.9. The van der Waals surface area contributed by atoms with Gasteiger partial charge in [-0.05, 0) is 25.5 Å². The van der Waals surface area contributed by atoms with Gasteiger partial charge in [0.2, 0.25) is 0 Å². The summed E-state index contributed by atoms with van der Waals surface area (Å²) >= 11 is 1.38. The van der Waals surface area contributed by atoms with Gasteiger partial charge >= 0.3 is 5.97 Å². The fourth-order valence-electron chi connectivity index (χ4n) is 1.14. The standard InChI is InChI=1S/C12H15NO3S/c1-8-5-3-4-6-10(8)17-7-11(14)16-9(2)12(13)15/h3-6,9H,7H2,1-2H3,(H2,13,15)/t9-/m0/s1. The van der Waals surface area contributed by atoms with Crippen LogP contribution in [0.25, 0.3) is 0 Å². The monoisotopic (exact) mass is 253 g/mol. The largest absolute Gasteiger partial charge is 0.452 e. The van der Waals surface area contributed by atoms with Gasteiger partial charge in [0.05, 0.1) is 5.75 Å². The second-order valence-electron chi connectivity index (χ2n) is 3.59. The third kappa shape index (κ3) is 4.48. The Kier molecular flexibility index (Phi) is 5.03. The van der Waals surface area contributed by atoms with E-state index in [-0.39, 0.29) is 5.75 Å². The SMILES string of the molecule is Cc1ccccc1SCC(=O)O[C@@H](C)C(N)=O. The van der Waals surface area contributed by atoms with Crippen molar-refractivity contribution < 1.29 is 14.3 Å². The lowest BCUT2D eigenvalue weighted by molar-refractivity contribution is -0.151. The minimum atomic E-state index is -0.875. The summed E-state index contributed by atoms with van der Waals surface area (Å²) in [6.07, 6.45) is -0.875. The smallest absolute Gasteiger partial charge is 0.317 e. The summed E-state index contributed by atoms with van der Waals surface area (Å²) in [5.41, 5.74) is 6.10. The van der Waals surface area contributed by atoms with Gasteiger partial charge in [-0.2, -0.15) is 0 Å². The van der Waals surface area contributed by atoms with Crippen molar-refractivity contribution in [2.24, 2.45) is 5.73 Å². The second-order valence-corrected chi connectivity index (χ2v) is 4.61. The van der Waals surface area contributed by atoms with Gasteiger partial charge in [-0.3, -0.25) is 9.59 Å². The lowest BCUT2D eigenvalue weighted by atomic mass is 10.2. The van der Waals surface area contributed by atoms with E-state index in [1.165, 1.54) is 18.7 Å². The van der Waals surface area contributed by atoms with Crippen LogP contribution < -0.4 is 5.73 Å². The summed E-state index contributed by atoms with van der Waals surface area (Å²) in [6.45, 7) is 3.43. The molecule has 17 heavy (non-hydrogen) atoms. The number of rotatable bonds is 5. The van der Waals surface area contributed by atoms with Crippen molar-refractivity contribution in [1.29, 1.82) is 0 Å². The van der Waals surface area contributed by atoms with Crippen LogP contribution in [-0.2, 0) is 14.3 Å². The molecule has 1 atom stereocenters. The maximum Gasteiger partial charge on any atom is 0.317 e. The molecular formula is C12H15NO3S. The van der Waals surface area contributed by atoms with Crippen LogP contribution in [0.4, 0.5) is 0 Å². The van der Waals surface area contributed by atoms with Crippen LogP contribution in [0.15, 0.2) is 29.2 Å². The summed E-state index contributed by atoms with van der Waals surface area (Å²) < 4.78 is 4.84. The molecule has 1 aromatic rings. The Balaban J connectivity index is 2.44. The Hall–Kier alpha value is -1.49. The number of amides is 1. The summed E-state index contributed by atoms with van der Waals surface area (Å²) in [5, 5.41) is 0. The van der Waals surface area contributed by atoms with Crippen LogP contribution in [0.3, 0.4) is 0 Å². The first-order chi connectivity index (χ1) is 8.00. The molecule has 5 heteroatoms. The molecule has 0 saturated carbocycles. The predicted molar refractivity (Wildman–Crippen MR) is 66.7 cm³/mol. The van der Waals surface area contributed by atoms with E-state index in [4.69, 9.17) is 10.5 Å². The number of aryl methyl sites for hydroxylation is 1. The number of nitrogens with two attached hydrogens (primary N) is 1. The number of carbonyl (C=O) groups is 2. The van der Waals surface area contributed by atoms with E-state index >= 15 is 0 Å². The first kappa shape index (κ1) is 13.6. The maximum absolute atomic E-state index is 11.4. The zero-order valence-corrected chi connectivity index (χ0v) is 10.6. The third-order valence-corrected chi connectivity index (χ3v) is 3.30. The van der Waals surface area contributed by atoms with Crippen LogP contribution in [0.1, 0.15) is 12.5 Å². The van der Waals surface area contributed by atoms with Crippen LogP contribution >= 0.6 is 11.8 Å². The van der Waals surface area contributed by atoms with E-state index in [0.29, 0.717) is 0 Å². The van der Waals surface area contributed by atoms with Crippen molar-refractivity contribution in [2.75, 3.05) is 5.75 Å². The average Bonchev–Trinajstić information content (AvgIpc) is 2.27. The average molecular weight is 253 g/mol. The van der Waals surface area contributed by atoms with E-state index < -0.39 is 18.0 Å². The molecule has 4 nitrogen and oxygen atoms in total. The van der Waals surface area contributed by atoms with Crippen molar-refractivity contribution in [2.45, 2.75) is 24.8 Å². The molecule has 0 aliphatic carbocycles. The van der Waals surface area contributed by atoms with Crippen molar-refractivity contribution in [3.8, 4) is 0 Å². The Morgan fingerprint density at radius 2 is 2.06 bits per heavy atom. The molecule has 0 aromatic heterocycles. The molecule has 0 spiro atoms. The van der Waals surface area contributed by atoms with Gasteiger partial charge in [-0.1, -0.05) is 18.2 Å². The van der Waals surface area contributed by atoms with Crippen molar-refractivity contribution in [3.05, 3.63) is 29.8 Å². The maximum atomic E-state index is 11.4. The molecule has 0 bridgehead atoms. The number of carbonyl (C=O) groups excluding carboxylic acids is 2. The zero-order chi connectivity index (χ0) is 12.8. The van der Waals surface area contributed by atoms with Gasteiger partial charge in [0.15, 0.2) is 6.10 Å². The number of ether oxygens (including phenoxy) is 1. The second kappa shape index (κ2) is 6.30. The molecule has 0 radical (unpaired) electrons. The third-order valence-electron chi connectivity index (χ3n) is 2.15. The number of hydrogen-bond acceptors (Lipinski definition) is 4. The Labute approximate surface area is 105 Å². The molecule has 0 unspecified atom stereocenters. The van der Waals surface area contributed by atoms with Gasteiger partial charge in [-0.25, -0.2) is 0 Å². The number of thioether (sulfide) groups is 1. The van der Waals surface area contributed by atoms with Crippen molar-refractivity contribution in [1.82, 2.24) is 0 Å². The summed E-state index contributed by atoms with van der Waals surface area (Å²) in [4.78, 5) is 23.1. The van der Waals surface area contributed by atoms with E-state index in [2.05, 4.69) is 0 Å².